The first-order chi connectivity index (χ1) is 15.3. The predicted molar refractivity (Wildman–Crippen MR) is 120 cm³/mol. The van der Waals surface area contributed by atoms with Gasteiger partial charge in [-0.05, 0) is 43.2 Å². The minimum Gasteiger partial charge on any atom is -0.380 e. The van der Waals surface area contributed by atoms with Crippen molar-refractivity contribution in [2.75, 3.05) is 26.3 Å². The van der Waals surface area contributed by atoms with Crippen LogP contribution in [0.2, 0.25) is 10.0 Å². The molecule has 1 aromatic heterocycles. The van der Waals surface area contributed by atoms with Crippen molar-refractivity contribution in [1.29, 1.82) is 0 Å². The number of fused-ring (bicyclic) bond motifs is 1. The molecule has 3 heterocycles. The quantitative estimate of drug-likeness (QED) is 0.494. The van der Waals surface area contributed by atoms with E-state index in [1.54, 1.807) is 36.4 Å². The first-order valence-electron chi connectivity index (χ1n) is 10.5. The number of amides is 1. The van der Waals surface area contributed by atoms with Gasteiger partial charge in [-0.25, -0.2) is 8.78 Å². The van der Waals surface area contributed by atoms with Crippen molar-refractivity contribution in [1.82, 2.24) is 14.7 Å². The SMILES string of the molecule is O=C(c1ccc2c(c1)c(-c1ccc(Cl)c(Cl)c1)nn2CC(F)F)N1CCC2(CC1)COC2. The van der Waals surface area contributed by atoms with Gasteiger partial charge >= 0.3 is 0 Å². The molecule has 0 bridgehead atoms. The number of halogens is 4. The lowest BCUT2D eigenvalue weighted by atomic mass is 9.77. The molecule has 1 spiro atoms. The highest BCUT2D eigenvalue weighted by molar-refractivity contribution is 6.42. The minimum absolute atomic E-state index is 0.0660. The molecule has 9 heteroatoms. The normalized spacial score (nSPS) is 17.8. The van der Waals surface area contributed by atoms with Gasteiger partial charge in [0.2, 0.25) is 0 Å². The Morgan fingerprint density at radius 3 is 2.47 bits per heavy atom. The van der Waals surface area contributed by atoms with Crippen LogP contribution in [-0.4, -0.2) is 53.3 Å². The molecule has 0 N–H and O–H groups in total. The van der Waals surface area contributed by atoms with Gasteiger partial charge in [-0.2, -0.15) is 5.10 Å². The van der Waals surface area contributed by atoms with Crippen LogP contribution < -0.4 is 0 Å². The van der Waals surface area contributed by atoms with Crippen molar-refractivity contribution >= 4 is 40.0 Å². The van der Waals surface area contributed by atoms with Crippen LogP contribution in [0.25, 0.3) is 22.2 Å². The van der Waals surface area contributed by atoms with Gasteiger partial charge < -0.3 is 9.64 Å². The maximum Gasteiger partial charge on any atom is 0.257 e. The first-order valence-corrected chi connectivity index (χ1v) is 11.2. The number of rotatable bonds is 4. The van der Waals surface area contributed by atoms with Crippen molar-refractivity contribution in [3.63, 3.8) is 0 Å². The molecule has 0 aliphatic carbocycles. The zero-order valence-corrected chi connectivity index (χ0v) is 18.7. The number of piperidine rings is 1. The highest BCUT2D eigenvalue weighted by atomic mass is 35.5. The number of ether oxygens (including phenoxy) is 1. The van der Waals surface area contributed by atoms with E-state index in [1.807, 2.05) is 4.90 Å². The number of carbonyl (C=O) groups is 1. The summed E-state index contributed by atoms with van der Waals surface area (Å²) in [4.78, 5) is 15.1. The first kappa shape index (κ1) is 21.6. The summed E-state index contributed by atoms with van der Waals surface area (Å²) in [6.45, 7) is 2.38. The second kappa shape index (κ2) is 8.28. The Hall–Kier alpha value is -2.22. The average Bonchev–Trinajstić information content (AvgIpc) is 3.11. The van der Waals surface area contributed by atoms with Gasteiger partial charge in [0, 0.05) is 35.0 Å². The minimum atomic E-state index is -2.56. The van der Waals surface area contributed by atoms with E-state index >= 15 is 0 Å². The summed E-state index contributed by atoms with van der Waals surface area (Å²) in [6, 6.07) is 10.1. The highest BCUT2D eigenvalue weighted by Crippen LogP contribution is 2.39. The molecule has 2 fully saturated rings. The summed E-state index contributed by atoms with van der Waals surface area (Å²) < 4.78 is 32.9. The van der Waals surface area contributed by atoms with Crippen LogP contribution in [0.15, 0.2) is 36.4 Å². The summed E-state index contributed by atoms with van der Waals surface area (Å²) in [5, 5.41) is 5.77. The van der Waals surface area contributed by atoms with Gasteiger partial charge in [0.1, 0.15) is 12.2 Å². The van der Waals surface area contributed by atoms with Gasteiger partial charge in [-0.3, -0.25) is 9.48 Å². The lowest BCUT2D eigenvalue weighted by Gasteiger charge is -2.47. The zero-order chi connectivity index (χ0) is 22.5. The maximum absolute atomic E-state index is 13.2. The number of alkyl halides is 2. The predicted octanol–water partition coefficient (Wildman–Crippen LogP) is 5.53. The topological polar surface area (TPSA) is 47.4 Å². The van der Waals surface area contributed by atoms with Gasteiger partial charge in [-0.15, -0.1) is 0 Å². The number of hydrogen-bond donors (Lipinski definition) is 0. The molecule has 3 aromatic rings. The zero-order valence-electron chi connectivity index (χ0n) is 17.2. The van der Waals surface area contributed by atoms with E-state index in [-0.39, 0.29) is 11.3 Å². The van der Waals surface area contributed by atoms with E-state index in [2.05, 4.69) is 5.10 Å². The van der Waals surface area contributed by atoms with Crippen molar-refractivity contribution in [2.45, 2.75) is 25.8 Å². The summed E-state index contributed by atoms with van der Waals surface area (Å²) in [6.07, 6.45) is -0.693. The molecule has 0 radical (unpaired) electrons. The van der Waals surface area contributed by atoms with Crippen molar-refractivity contribution in [3.05, 3.63) is 52.0 Å². The number of benzene rings is 2. The van der Waals surface area contributed by atoms with E-state index in [0.29, 0.717) is 50.9 Å². The van der Waals surface area contributed by atoms with E-state index in [9.17, 15) is 13.6 Å². The van der Waals surface area contributed by atoms with Crippen LogP contribution in [0.1, 0.15) is 23.2 Å². The van der Waals surface area contributed by atoms with Crippen molar-refractivity contribution in [3.8, 4) is 11.3 Å². The fraction of sp³-hybridized carbons (Fsp3) is 0.391. The van der Waals surface area contributed by atoms with Gasteiger partial charge in [0.25, 0.3) is 12.3 Å². The van der Waals surface area contributed by atoms with E-state index in [4.69, 9.17) is 27.9 Å². The number of hydrogen-bond acceptors (Lipinski definition) is 3. The molecule has 0 saturated carbocycles. The number of nitrogens with zero attached hydrogens (tertiary/aromatic N) is 3. The summed E-state index contributed by atoms with van der Waals surface area (Å²) in [7, 11) is 0. The van der Waals surface area contributed by atoms with Crippen LogP contribution in [0, 0.1) is 5.41 Å². The number of carbonyl (C=O) groups excluding carboxylic acids is 1. The third kappa shape index (κ3) is 3.87. The lowest BCUT2D eigenvalue weighted by Crippen LogP contribution is -2.52. The molecule has 1 amide bonds. The fourth-order valence-electron chi connectivity index (χ4n) is 4.48. The average molecular weight is 480 g/mol. The van der Waals surface area contributed by atoms with Gasteiger partial charge in [0.05, 0.1) is 28.8 Å². The standard InChI is InChI=1S/C23H21Cl2F2N3O2/c24-17-3-1-14(10-18(17)25)21-16-9-15(2-4-19(16)30(28-21)11-20(26)27)22(31)29-7-5-23(6-8-29)12-32-13-23/h1-4,9-10,20H,5-8,11-13H2. The molecular formula is C23H21Cl2F2N3O2. The molecular weight excluding hydrogens is 459 g/mol. The molecule has 5 rings (SSSR count). The fourth-order valence-corrected chi connectivity index (χ4v) is 4.78. The molecule has 2 aliphatic rings. The van der Waals surface area contributed by atoms with Gasteiger partial charge in [0.15, 0.2) is 0 Å². The molecule has 2 saturated heterocycles. The van der Waals surface area contributed by atoms with Crippen molar-refractivity contribution < 1.29 is 18.3 Å². The largest absolute Gasteiger partial charge is 0.380 e. The monoisotopic (exact) mass is 479 g/mol. The Kier molecular flexibility index (Phi) is 5.60. The van der Waals surface area contributed by atoms with E-state index < -0.39 is 13.0 Å². The van der Waals surface area contributed by atoms with E-state index in [1.165, 1.54) is 4.68 Å². The van der Waals surface area contributed by atoms with Crippen molar-refractivity contribution in [2.24, 2.45) is 5.41 Å². The summed E-state index contributed by atoms with van der Waals surface area (Å²) in [5.74, 6) is -0.0660. The van der Waals surface area contributed by atoms with Crippen LogP contribution in [0.4, 0.5) is 8.78 Å². The van der Waals surface area contributed by atoms with Gasteiger partial charge in [-0.1, -0.05) is 29.3 Å². The molecule has 0 unspecified atom stereocenters. The second-order valence-corrected chi connectivity index (χ2v) is 9.38. The van der Waals surface area contributed by atoms with Crippen LogP contribution in [0.3, 0.4) is 0 Å². The Balaban J connectivity index is 1.51. The molecule has 168 valence electrons. The van der Waals surface area contributed by atoms with E-state index in [0.717, 1.165) is 26.1 Å². The van der Waals surface area contributed by atoms with Crippen LogP contribution in [-0.2, 0) is 11.3 Å². The third-order valence-electron chi connectivity index (χ3n) is 6.43. The maximum atomic E-state index is 13.2. The molecule has 32 heavy (non-hydrogen) atoms. The van der Waals surface area contributed by atoms with Crippen LogP contribution in [0.5, 0.6) is 0 Å². The Labute approximate surface area is 193 Å². The smallest absolute Gasteiger partial charge is 0.257 e. The van der Waals surface area contributed by atoms with Crippen LogP contribution >= 0.6 is 23.2 Å². The molecule has 0 atom stereocenters. The summed E-state index contributed by atoms with van der Waals surface area (Å²) in [5.41, 5.74) is 2.41. The molecule has 2 aromatic carbocycles. The second-order valence-electron chi connectivity index (χ2n) is 8.57. The highest BCUT2D eigenvalue weighted by Gasteiger charge is 2.42. The lowest BCUT2D eigenvalue weighted by molar-refractivity contribution is -0.136. The molecule has 2 aliphatic heterocycles. The number of aromatic nitrogens is 2. The number of likely N-dealkylation sites (tertiary alicyclic amines) is 1. The summed E-state index contributed by atoms with van der Waals surface area (Å²) >= 11 is 12.2. The Bertz CT molecular complexity index is 1180. The molecule has 5 nitrogen and oxygen atoms in total. The Morgan fingerprint density at radius 2 is 1.84 bits per heavy atom. The third-order valence-corrected chi connectivity index (χ3v) is 7.17. The Morgan fingerprint density at radius 1 is 1.09 bits per heavy atom.